The summed E-state index contributed by atoms with van der Waals surface area (Å²) >= 11 is 0. The third-order valence-electron chi connectivity index (χ3n) is 4.49. The van der Waals surface area contributed by atoms with Crippen LogP contribution < -0.4 is 0 Å². The number of rotatable bonds is 10. The van der Waals surface area contributed by atoms with Crippen molar-refractivity contribution >= 4 is 0 Å². The number of likely N-dealkylation sites (tertiary alicyclic amines) is 1. The van der Waals surface area contributed by atoms with Gasteiger partial charge in [0.15, 0.2) is 0 Å². The Morgan fingerprint density at radius 1 is 0.647 bits per heavy atom. The fourth-order valence-corrected chi connectivity index (χ4v) is 3.31. The molecule has 0 atom stereocenters. The average Bonchev–Trinajstić information content (AvgIpc) is 2.80. The van der Waals surface area contributed by atoms with E-state index in [1.54, 1.807) is 0 Å². The summed E-state index contributed by atoms with van der Waals surface area (Å²) < 4.78 is 1.48. The molecule has 0 amide bonds. The number of nitrogens with zero attached hydrogens (tertiary/aromatic N) is 1. The minimum absolute atomic E-state index is 1.37. The van der Waals surface area contributed by atoms with Crippen molar-refractivity contribution in [2.75, 3.05) is 26.2 Å². The van der Waals surface area contributed by atoms with Crippen LogP contribution in [0.2, 0.25) is 0 Å². The Balaban J connectivity index is 2.19. The largest absolute Gasteiger partial charge is 0.324 e. The molecule has 1 nitrogen and oxygen atoms in total. The van der Waals surface area contributed by atoms with Crippen LogP contribution in [0.4, 0.5) is 0 Å². The Bertz CT molecular complexity index is 156. The van der Waals surface area contributed by atoms with Gasteiger partial charge >= 0.3 is 0 Å². The van der Waals surface area contributed by atoms with Gasteiger partial charge in [-0.2, -0.15) is 0 Å². The molecule has 1 heteroatoms. The van der Waals surface area contributed by atoms with Crippen molar-refractivity contribution in [1.82, 2.24) is 0 Å². The third-order valence-corrected chi connectivity index (χ3v) is 4.49. The molecular weight excluding hydrogens is 206 g/mol. The molecule has 0 bridgehead atoms. The average molecular weight is 240 g/mol. The molecule has 1 heterocycles. The van der Waals surface area contributed by atoms with Crippen LogP contribution >= 0.6 is 0 Å². The molecule has 17 heavy (non-hydrogen) atoms. The highest BCUT2D eigenvalue weighted by Crippen LogP contribution is 2.22. The molecule has 0 aliphatic carbocycles. The molecule has 1 fully saturated rings. The Hall–Kier alpha value is -0.0400. The van der Waals surface area contributed by atoms with E-state index in [9.17, 15) is 0 Å². The van der Waals surface area contributed by atoms with E-state index in [0.717, 1.165) is 0 Å². The molecule has 0 spiro atoms. The lowest BCUT2D eigenvalue weighted by atomic mass is 10.1. The molecular formula is C16H34N+. The summed E-state index contributed by atoms with van der Waals surface area (Å²) in [4.78, 5) is 0. The van der Waals surface area contributed by atoms with E-state index in [1.165, 1.54) is 94.9 Å². The number of unbranched alkanes of at least 4 members (excludes halogenated alkanes) is 6. The minimum atomic E-state index is 1.37. The van der Waals surface area contributed by atoms with Crippen LogP contribution in [0.25, 0.3) is 0 Å². The molecule has 1 saturated heterocycles. The molecule has 0 aromatic heterocycles. The molecule has 0 aromatic carbocycles. The van der Waals surface area contributed by atoms with Gasteiger partial charge in [0, 0.05) is 12.8 Å². The molecule has 1 rings (SSSR count). The van der Waals surface area contributed by atoms with Crippen LogP contribution in [-0.4, -0.2) is 30.7 Å². The van der Waals surface area contributed by atoms with Gasteiger partial charge in [-0.25, -0.2) is 0 Å². The Labute approximate surface area is 109 Å². The van der Waals surface area contributed by atoms with Crippen molar-refractivity contribution in [2.45, 2.75) is 78.1 Å². The van der Waals surface area contributed by atoms with Gasteiger partial charge in [-0.3, -0.25) is 0 Å². The maximum Gasteiger partial charge on any atom is 0.0788 e. The van der Waals surface area contributed by atoms with Crippen molar-refractivity contribution in [3.05, 3.63) is 0 Å². The highest BCUT2D eigenvalue weighted by molar-refractivity contribution is 4.56. The zero-order chi connectivity index (χ0) is 12.4. The maximum atomic E-state index is 2.31. The summed E-state index contributed by atoms with van der Waals surface area (Å²) in [5.41, 5.74) is 0. The fraction of sp³-hybridized carbons (Fsp3) is 1.00. The fourth-order valence-electron chi connectivity index (χ4n) is 3.31. The van der Waals surface area contributed by atoms with Gasteiger partial charge < -0.3 is 4.48 Å². The topological polar surface area (TPSA) is 0 Å². The van der Waals surface area contributed by atoms with Crippen molar-refractivity contribution in [3.63, 3.8) is 0 Å². The second-order valence-corrected chi connectivity index (χ2v) is 6.06. The predicted molar refractivity (Wildman–Crippen MR) is 77.2 cm³/mol. The normalized spacial score (nSPS) is 18.7. The number of hydrogen-bond donors (Lipinski definition) is 0. The zero-order valence-electron chi connectivity index (χ0n) is 12.3. The van der Waals surface area contributed by atoms with Gasteiger partial charge in [-0.1, -0.05) is 39.5 Å². The van der Waals surface area contributed by atoms with Gasteiger partial charge in [-0.15, -0.1) is 0 Å². The highest BCUT2D eigenvalue weighted by Gasteiger charge is 2.30. The van der Waals surface area contributed by atoms with Crippen LogP contribution in [0.5, 0.6) is 0 Å². The summed E-state index contributed by atoms with van der Waals surface area (Å²) in [5.74, 6) is 0. The molecule has 1 aliphatic rings. The van der Waals surface area contributed by atoms with Crippen LogP contribution in [0, 0.1) is 0 Å². The number of quaternary nitrogens is 1. The highest BCUT2D eigenvalue weighted by atomic mass is 15.4. The maximum absolute atomic E-state index is 2.31. The first-order valence-electron chi connectivity index (χ1n) is 8.18. The Kier molecular flexibility index (Phi) is 7.92. The van der Waals surface area contributed by atoms with E-state index >= 15 is 0 Å². The second kappa shape index (κ2) is 8.97. The van der Waals surface area contributed by atoms with Crippen LogP contribution in [0.1, 0.15) is 78.1 Å². The monoisotopic (exact) mass is 240 g/mol. The van der Waals surface area contributed by atoms with Crippen molar-refractivity contribution < 1.29 is 4.48 Å². The Morgan fingerprint density at radius 3 is 1.53 bits per heavy atom. The van der Waals surface area contributed by atoms with Gasteiger partial charge in [0.25, 0.3) is 0 Å². The summed E-state index contributed by atoms with van der Waals surface area (Å²) in [6.07, 6.45) is 14.5. The van der Waals surface area contributed by atoms with Gasteiger partial charge in [0.2, 0.25) is 0 Å². The molecule has 0 N–H and O–H groups in total. The summed E-state index contributed by atoms with van der Waals surface area (Å²) in [7, 11) is 0. The third kappa shape index (κ3) is 5.90. The summed E-state index contributed by atoms with van der Waals surface area (Å²) in [6.45, 7) is 10.5. The molecule has 0 aromatic rings. The van der Waals surface area contributed by atoms with Crippen LogP contribution in [-0.2, 0) is 0 Å². The molecule has 102 valence electrons. The first kappa shape index (κ1) is 15.0. The lowest BCUT2D eigenvalue weighted by Gasteiger charge is -2.34. The van der Waals surface area contributed by atoms with E-state index in [1.807, 2.05) is 0 Å². The quantitative estimate of drug-likeness (QED) is 0.381. The first-order valence-corrected chi connectivity index (χ1v) is 8.18. The SMILES string of the molecule is CCCCCC[N+]1(CCCCCC)CCCC1. The van der Waals surface area contributed by atoms with Crippen molar-refractivity contribution in [2.24, 2.45) is 0 Å². The second-order valence-electron chi connectivity index (χ2n) is 6.06. The van der Waals surface area contributed by atoms with Crippen LogP contribution in [0.15, 0.2) is 0 Å². The van der Waals surface area contributed by atoms with E-state index in [0.29, 0.717) is 0 Å². The van der Waals surface area contributed by atoms with E-state index < -0.39 is 0 Å². The zero-order valence-corrected chi connectivity index (χ0v) is 12.3. The van der Waals surface area contributed by atoms with Gasteiger partial charge in [0.05, 0.1) is 26.2 Å². The number of hydrogen-bond acceptors (Lipinski definition) is 0. The molecule has 0 unspecified atom stereocenters. The van der Waals surface area contributed by atoms with Crippen molar-refractivity contribution in [3.8, 4) is 0 Å². The molecule has 1 aliphatic heterocycles. The molecule has 0 saturated carbocycles. The van der Waals surface area contributed by atoms with E-state index in [2.05, 4.69) is 13.8 Å². The smallest absolute Gasteiger partial charge is 0.0788 e. The summed E-state index contributed by atoms with van der Waals surface area (Å²) in [6, 6.07) is 0. The lowest BCUT2D eigenvalue weighted by molar-refractivity contribution is -0.917. The standard InChI is InChI=1S/C16H34N/c1-3-5-7-9-13-17(15-11-12-16-17)14-10-8-6-4-2/h3-16H2,1-2H3/q+1. The molecule has 0 radical (unpaired) electrons. The predicted octanol–water partition coefficient (Wildman–Crippen LogP) is 4.76. The van der Waals surface area contributed by atoms with E-state index in [4.69, 9.17) is 0 Å². The lowest BCUT2D eigenvalue weighted by Crippen LogP contribution is -2.46. The Morgan fingerprint density at radius 2 is 1.12 bits per heavy atom. The van der Waals surface area contributed by atoms with Gasteiger partial charge in [0.1, 0.15) is 0 Å². The van der Waals surface area contributed by atoms with E-state index in [-0.39, 0.29) is 0 Å². The van der Waals surface area contributed by atoms with Crippen molar-refractivity contribution in [1.29, 1.82) is 0 Å². The first-order chi connectivity index (χ1) is 8.33. The van der Waals surface area contributed by atoms with Gasteiger partial charge in [-0.05, 0) is 25.7 Å². The summed E-state index contributed by atoms with van der Waals surface area (Å²) in [5, 5.41) is 0. The van der Waals surface area contributed by atoms with Crippen LogP contribution in [0.3, 0.4) is 0 Å². The minimum Gasteiger partial charge on any atom is -0.324 e.